The predicted molar refractivity (Wildman–Crippen MR) is 96.0 cm³/mol. The summed E-state index contributed by atoms with van der Waals surface area (Å²) in [6, 6.07) is 12.7. The van der Waals surface area contributed by atoms with Gasteiger partial charge >= 0.3 is 0 Å². The molecule has 0 fully saturated rings. The van der Waals surface area contributed by atoms with Gasteiger partial charge in [0.1, 0.15) is 0 Å². The van der Waals surface area contributed by atoms with Crippen molar-refractivity contribution in [2.45, 2.75) is 19.0 Å². The molecule has 22 heavy (non-hydrogen) atoms. The van der Waals surface area contributed by atoms with Crippen LogP contribution in [0.25, 0.3) is 20.9 Å². The summed E-state index contributed by atoms with van der Waals surface area (Å²) in [4.78, 5) is 0. The molecule has 0 saturated heterocycles. The van der Waals surface area contributed by atoms with Crippen molar-refractivity contribution < 1.29 is 10.2 Å². The van der Waals surface area contributed by atoms with E-state index in [1.54, 1.807) is 11.3 Å². The van der Waals surface area contributed by atoms with Crippen LogP contribution in [0.15, 0.2) is 41.8 Å². The zero-order valence-corrected chi connectivity index (χ0v) is 14.0. The summed E-state index contributed by atoms with van der Waals surface area (Å²) in [5, 5.41) is 27.9. The fourth-order valence-electron chi connectivity index (χ4n) is 2.50. The fraction of sp³-hybridized carbons (Fsp3) is 0.294. The number of hydrogen-bond donors (Lipinski definition) is 3. The molecule has 0 radical (unpaired) electrons. The fourth-order valence-corrected chi connectivity index (χ4v) is 3.41. The molecule has 0 aliphatic rings. The number of thiophene rings is 1. The van der Waals surface area contributed by atoms with Crippen LogP contribution in [0.3, 0.4) is 0 Å². The van der Waals surface area contributed by atoms with Crippen molar-refractivity contribution in [3.63, 3.8) is 0 Å². The van der Waals surface area contributed by atoms with Gasteiger partial charge in [0.15, 0.2) is 0 Å². The number of aliphatic hydroxyl groups is 2. The number of benzene rings is 2. The number of nitrogens with one attached hydrogen (secondary N) is 1. The maximum absolute atomic E-state index is 9.39. The second-order valence-electron chi connectivity index (χ2n) is 5.65. The largest absolute Gasteiger partial charge is 0.394 e. The molecule has 3 rings (SSSR count). The second kappa shape index (κ2) is 6.94. The lowest BCUT2D eigenvalue weighted by Gasteiger charge is -2.26. The van der Waals surface area contributed by atoms with Gasteiger partial charge in [-0.05, 0) is 46.2 Å². The lowest BCUT2D eigenvalue weighted by Crippen LogP contribution is -2.48. The van der Waals surface area contributed by atoms with Crippen LogP contribution in [0.1, 0.15) is 12.5 Å². The third-order valence-electron chi connectivity index (χ3n) is 3.95. The van der Waals surface area contributed by atoms with Gasteiger partial charge in [0.2, 0.25) is 0 Å². The van der Waals surface area contributed by atoms with Gasteiger partial charge in [-0.1, -0.05) is 24.3 Å². The minimum atomic E-state index is -0.662. The zero-order valence-electron chi connectivity index (χ0n) is 12.4. The van der Waals surface area contributed by atoms with Crippen molar-refractivity contribution in [1.82, 2.24) is 5.32 Å². The summed E-state index contributed by atoms with van der Waals surface area (Å²) in [6.07, 6.45) is 0. The first-order valence-electron chi connectivity index (χ1n) is 7.01. The monoisotopic (exact) mass is 337 g/mol. The van der Waals surface area contributed by atoms with E-state index < -0.39 is 5.54 Å². The Kier molecular flexibility index (Phi) is 5.42. The lowest BCUT2D eigenvalue weighted by atomic mass is 10.00. The normalized spacial score (nSPS) is 11.8. The Bertz CT molecular complexity index is 768. The van der Waals surface area contributed by atoms with Gasteiger partial charge in [-0.15, -0.1) is 23.7 Å². The Morgan fingerprint density at radius 1 is 1.09 bits per heavy atom. The smallest absolute Gasteiger partial charge is 0.0633 e. The molecule has 0 unspecified atom stereocenters. The zero-order chi connectivity index (χ0) is 14.9. The van der Waals surface area contributed by atoms with Gasteiger partial charge in [0.05, 0.1) is 18.8 Å². The molecular formula is C17H20ClNO2S. The molecule has 118 valence electrons. The molecule has 3 aromatic rings. The van der Waals surface area contributed by atoms with Crippen LogP contribution < -0.4 is 5.32 Å². The number of halogens is 1. The number of fused-ring (bicyclic) bond motifs is 3. The summed E-state index contributed by atoms with van der Waals surface area (Å²) in [5.41, 5.74) is 0.523. The second-order valence-corrected chi connectivity index (χ2v) is 6.57. The first kappa shape index (κ1) is 17.2. The summed E-state index contributed by atoms with van der Waals surface area (Å²) < 4.78 is 1.31. The van der Waals surface area contributed by atoms with Crippen LogP contribution >= 0.6 is 23.7 Å². The van der Waals surface area contributed by atoms with Gasteiger partial charge in [-0.3, -0.25) is 0 Å². The standard InChI is InChI=1S/C17H19NO2S.ClH/c1-17(10-19,11-20)18-9-13-8-12-6-7-21-16(12)15-5-3-2-4-14(13)15;/h2-8,18-20H,9-11H2,1H3;1H. The van der Waals surface area contributed by atoms with Gasteiger partial charge in [-0.2, -0.15) is 0 Å². The molecule has 1 heterocycles. The Hall–Kier alpha value is -1.17. The Labute approximate surface area is 140 Å². The van der Waals surface area contributed by atoms with Gasteiger partial charge < -0.3 is 15.5 Å². The molecule has 0 atom stereocenters. The molecule has 5 heteroatoms. The van der Waals surface area contributed by atoms with E-state index in [-0.39, 0.29) is 25.6 Å². The van der Waals surface area contributed by atoms with Crippen molar-refractivity contribution in [2.75, 3.05) is 13.2 Å². The molecule has 0 spiro atoms. The highest BCUT2D eigenvalue weighted by atomic mass is 35.5. The van der Waals surface area contributed by atoms with Gasteiger partial charge in [-0.25, -0.2) is 0 Å². The predicted octanol–water partition coefficient (Wildman–Crippen LogP) is 3.31. The molecule has 0 aliphatic carbocycles. The molecule has 1 aromatic heterocycles. The van der Waals surface area contributed by atoms with E-state index in [9.17, 15) is 10.2 Å². The lowest BCUT2D eigenvalue weighted by molar-refractivity contribution is 0.103. The first-order valence-corrected chi connectivity index (χ1v) is 7.89. The van der Waals surface area contributed by atoms with Crippen molar-refractivity contribution in [3.8, 4) is 0 Å². The van der Waals surface area contributed by atoms with E-state index in [1.165, 1.54) is 26.4 Å². The van der Waals surface area contributed by atoms with Crippen LogP contribution in [0.2, 0.25) is 0 Å². The maximum atomic E-state index is 9.39. The highest BCUT2D eigenvalue weighted by Crippen LogP contribution is 2.32. The summed E-state index contributed by atoms with van der Waals surface area (Å²) in [5.74, 6) is 0. The summed E-state index contributed by atoms with van der Waals surface area (Å²) in [6.45, 7) is 2.24. The molecule has 0 aliphatic heterocycles. The van der Waals surface area contributed by atoms with Crippen molar-refractivity contribution in [3.05, 3.63) is 47.3 Å². The van der Waals surface area contributed by atoms with Crippen LogP contribution in [0.4, 0.5) is 0 Å². The summed E-state index contributed by atoms with van der Waals surface area (Å²) in [7, 11) is 0. The van der Waals surface area contributed by atoms with Crippen molar-refractivity contribution >= 4 is 44.6 Å². The minimum absolute atomic E-state index is 0. The number of hydrogen-bond acceptors (Lipinski definition) is 4. The molecule has 3 N–H and O–H groups in total. The molecule has 0 bridgehead atoms. The average Bonchev–Trinajstić information content (AvgIpc) is 3.01. The van der Waals surface area contributed by atoms with Crippen LogP contribution in [-0.2, 0) is 6.54 Å². The van der Waals surface area contributed by atoms with Gasteiger partial charge in [0.25, 0.3) is 0 Å². The topological polar surface area (TPSA) is 52.5 Å². The van der Waals surface area contributed by atoms with E-state index in [0.717, 1.165) is 0 Å². The van der Waals surface area contributed by atoms with E-state index in [4.69, 9.17) is 0 Å². The van der Waals surface area contributed by atoms with Crippen molar-refractivity contribution in [1.29, 1.82) is 0 Å². The van der Waals surface area contributed by atoms with E-state index >= 15 is 0 Å². The number of aliphatic hydroxyl groups excluding tert-OH is 2. The number of rotatable bonds is 5. The quantitative estimate of drug-likeness (QED) is 0.669. The maximum Gasteiger partial charge on any atom is 0.0633 e. The van der Waals surface area contributed by atoms with Gasteiger partial charge in [0, 0.05) is 11.2 Å². The van der Waals surface area contributed by atoms with E-state index in [0.29, 0.717) is 6.54 Å². The van der Waals surface area contributed by atoms with Crippen LogP contribution in [-0.4, -0.2) is 29.0 Å². The Balaban J connectivity index is 0.00000176. The highest BCUT2D eigenvalue weighted by molar-refractivity contribution is 7.18. The average molecular weight is 338 g/mol. The third-order valence-corrected chi connectivity index (χ3v) is 4.91. The molecular weight excluding hydrogens is 318 g/mol. The molecule has 0 saturated carbocycles. The van der Waals surface area contributed by atoms with E-state index in [2.05, 4.69) is 41.0 Å². The highest BCUT2D eigenvalue weighted by Gasteiger charge is 2.21. The molecule has 2 aromatic carbocycles. The first-order chi connectivity index (χ1) is 10.2. The third kappa shape index (κ3) is 3.12. The minimum Gasteiger partial charge on any atom is -0.394 e. The van der Waals surface area contributed by atoms with Crippen LogP contribution in [0.5, 0.6) is 0 Å². The van der Waals surface area contributed by atoms with Crippen LogP contribution in [0, 0.1) is 0 Å². The van der Waals surface area contributed by atoms with Crippen molar-refractivity contribution in [2.24, 2.45) is 0 Å². The molecule has 0 amide bonds. The molecule has 3 nitrogen and oxygen atoms in total. The SMILES string of the molecule is CC(CO)(CO)NCc1cc2ccsc2c2ccccc12.Cl. The summed E-state index contributed by atoms with van der Waals surface area (Å²) >= 11 is 1.76. The van der Waals surface area contributed by atoms with E-state index in [1.807, 2.05) is 13.0 Å². The Morgan fingerprint density at radius 3 is 2.45 bits per heavy atom. The Morgan fingerprint density at radius 2 is 1.77 bits per heavy atom.